The van der Waals surface area contributed by atoms with Crippen LogP contribution < -0.4 is 10.6 Å². The van der Waals surface area contributed by atoms with Crippen LogP contribution in [0.4, 0.5) is 0 Å². The molecule has 4 aliphatic carbocycles. The third-order valence-corrected chi connectivity index (χ3v) is 8.61. The Morgan fingerprint density at radius 3 is 2.92 bits per heavy atom. The van der Waals surface area contributed by atoms with E-state index in [-0.39, 0.29) is 0 Å². The van der Waals surface area contributed by atoms with E-state index >= 15 is 0 Å². The van der Waals surface area contributed by atoms with Crippen molar-refractivity contribution in [3.05, 3.63) is 12.2 Å². The maximum atomic E-state index is 5.52. The second kappa shape index (κ2) is 6.35. The predicted octanol–water partition coefficient (Wildman–Crippen LogP) is 4.71. The summed E-state index contributed by atoms with van der Waals surface area (Å²) in [5.74, 6) is 4.36. The van der Waals surface area contributed by atoms with Crippen LogP contribution in [0.5, 0.6) is 0 Å². The van der Waals surface area contributed by atoms with Crippen LogP contribution in [0.3, 0.4) is 0 Å². The smallest absolute Gasteiger partial charge is 0.0925 e. The van der Waals surface area contributed by atoms with Gasteiger partial charge in [0, 0.05) is 11.1 Å². The first kappa shape index (κ1) is 17.0. The first-order valence-electron chi connectivity index (χ1n) is 9.86. The molecule has 134 valence electrons. The lowest BCUT2D eigenvalue weighted by atomic mass is 9.46. The van der Waals surface area contributed by atoms with Gasteiger partial charge in [-0.1, -0.05) is 37.9 Å². The standard InChI is InChI=1S/C20H33N3S/c1-19-11-4-3-5-14(19)6-7-15-16-8-9-18(23-22-13-24-21)20(16,2)12-10-17(15)19/h3-4,14-17,22H,5-13,21H2,1-2H3/t14?,15-,16-,17-,19-,20-/m0/s1. The molecule has 0 bridgehead atoms. The maximum absolute atomic E-state index is 5.52. The van der Waals surface area contributed by atoms with E-state index in [1.54, 1.807) is 0 Å². The Balaban J connectivity index is 1.57. The quantitative estimate of drug-likeness (QED) is 0.256. The molecule has 0 heterocycles. The Bertz CT molecular complexity index is 545. The second-order valence-corrected chi connectivity index (χ2v) is 9.71. The molecule has 0 aliphatic heterocycles. The minimum Gasteiger partial charge on any atom is -0.299 e. The normalized spacial score (nSPS) is 48.7. The van der Waals surface area contributed by atoms with Crippen molar-refractivity contribution in [2.75, 3.05) is 5.88 Å². The van der Waals surface area contributed by atoms with Gasteiger partial charge in [0.2, 0.25) is 0 Å². The van der Waals surface area contributed by atoms with Crippen LogP contribution in [-0.4, -0.2) is 11.6 Å². The SMILES string of the molecule is C[C@]12CC=CCC1CC[C@@H]1[C@@H]2CC[C@]2(C)C(=NNCSN)CC[C@@H]12. The van der Waals surface area contributed by atoms with Crippen LogP contribution in [0.2, 0.25) is 0 Å². The van der Waals surface area contributed by atoms with Crippen molar-refractivity contribution < 1.29 is 0 Å². The molecule has 0 radical (unpaired) electrons. The Hall–Kier alpha value is -0.480. The molecule has 0 aromatic heterocycles. The molecular weight excluding hydrogens is 314 g/mol. The summed E-state index contributed by atoms with van der Waals surface area (Å²) in [5, 5.41) is 10.3. The lowest BCUT2D eigenvalue weighted by Crippen LogP contribution is -2.52. The van der Waals surface area contributed by atoms with E-state index in [0.29, 0.717) is 16.7 Å². The van der Waals surface area contributed by atoms with Gasteiger partial charge in [0.05, 0.1) is 5.88 Å². The number of hydrogen-bond acceptors (Lipinski definition) is 4. The van der Waals surface area contributed by atoms with Gasteiger partial charge >= 0.3 is 0 Å². The highest BCUT2D eigenvalue weighted by molar-refractivity contribution is 7.97. The maximum Gasteiger partial charge on any atom is 0.0925 e. The van der Waals surface area contributed by atoms with Gasteiger partial charge in [0.1, 0.15) is 0 Å². The van der Waals surface area contributed by atoms with Crippen LogP contribution >= 0.6 is 11.9 Å². The van der Waals surface area contributed by atoms with Crippen LogP contribution in [-0.2, 0) is 0 Å². The second-order valence-electron chi connectivity index (χ2n) is 9.09. The van der Waals surface area contributed by atoms with Crippen LogP contribution in [0.25, 0.3) is 0 Å². The zero-order valence-electron chi connectivity index (χ0n) is 15.3. The number of fused-ring (bicyclic) bond motifs is 5. The fourth-order valence-corrected chi connectivity index (χ4v) is 7.11. The molecule has 4 heteroatoms. The van der Waals surface area contributed by atoms with Crippen LogP contribution in [0, 0.1) is 34.5 Å². The molecule has 3 N–H and O–H groups in total. The topological polar surface area (TPSA) is 50.4 Å². The summed E-state index contributed by atoms with van der Waals surface area (Å²) in [6.45, 7) is 5.12. The largest absolute Gasteiger partial charge is 0.299 e. The van der Waals surface area contributed by atoms with Gasteiger partial charge in [-0.05, 0) is 80.5 Å². The van der Waals surface area contributed by atoms with Gasteiger partial charge in [-0.3, -0.25) is 10.6 Å². The highest BCUT2D eigenvalue weighted by Crippen LogP contribution is 2.64. The number of hydrogen-bond donors (Lipinski definition) is 2. The Morgan fingerprint density at radius 1 is 1.21 bits per heavy atom. The van der Waals surface area contributed by atoms with E-state index in [4.69, 9.17) is 10.2 Å². The molecule has 0 saturated heterocycles. The molecule has 4 rings (SSSR count). The molecule has 0 amide bonds. The molecule has 24 heavy (non-hydrogen) atoms. The third kappa shape index (κ3) is 2.47. The van der Waals surface area contributed by atoms with E-state index < -0.39 is 0 Å². The highest BCUT2D eigenvalue weighted by Gasteiger charge is 2.58. The molecule has 3 saturated carbocycles. The third-order valence-electron chi connectivity index (χ3n) is 8.31. The number of hydrazone groups is 1. The van der Waals surface area contributed by atoms with Crippen LogP contribution in [0.15, 0.2) is 17.3 Å². The molecule has 1 unspecified atom stereocenters. The van der Waals surface area contributed by atoms with E-state index in [9.17, 15) is 0 Å². The molecule has 0 aromatic rings. The summed E-state index contributed by atoms with van der Waals surface area (Å²) in [5.41, 5.74) is 5.50. The summed E-state index contributed by atoms with van der Waals surface area (Å²) in [7, 11) is 0. The number of nitrogens with two attached hydrogens (primary N) is 1. The number of allylic oxidation sites excluding steroid dienone is 2. The van der Waals surface area contributed by atoms with Crippen molar-refractivity contribution in [3.63, 3.8) is 0 Å². The minimum atomic E-state index is 0.334. The summed E-state index contributed by atoms with van der Waals surface area (Å²) in [6.07, 6.45) is 15.8. The van der Waals surface area contributed by atoms with Gasteiger partial charge in [0.15, 0.2) is 0 Å². The zero-order valence-corrected chi connectivity index (χ0v) is 16.1. The van der Waals surface area contributed by atoms with E-state index in [1.165, 1.54) is 69.0 Å². The van der Waals surface area contributed by atoms with Gasteiger partial charge in [0.25, 0.3) is 0 Å². The van der Waals surface area contributed by atoms with Crippen molar-refractivity contribution in [3.8, 4) is 0 Å². The lowest BCUT2D eigenvalue weighted by Gasteiger charge is -2.59. The Morgan fingerprint density at radius 2 is 2.08 bits per heavy atom. The zero-order chi connectivity index (χ0) is 16.8. The first-order valence-corrected chi connectivity index (χ1v) is 10.9. The Kier molecular flexibility index (Phi) is 4.49. The molecule has 0 spiro atoms. The fourth-order valence-electron chi connectivity index (χ4n) is 6.98. The summed E-state index contributed by atoms with van der Waals surface area (Å²) >= 11 is 1.32. The molecule has 0 aromatic carbocycles. The molecule has 4 aliphatic rings. The van der Waals surface area contributed by atoms with Crippen molar-refractivity contribution in [2.45, 2.75) is 65.2 Å². The highest BCUT2D eigenvalue weighted by atomic mass is 32.2. The lowest BCUT2D eigenvalue weighted by molar-refractivity contribution is -0.0761. The van der Waals surface area contributed by atoms with Crippen LogP contribution in [0.1, 0.15) is 65.2 Å². The van der Waals surface area contributed by atoms with Crippen molar-refractivity contribution in [1.82, 2.24) is 5.43 Å². The fraction of sp³-hybridized carbons (Fsp3) is 0.850. The monoisotopic (exact) mass is 347 g/mol. The molecular formula is C20H33N3S. The predicted molar refractivity (Wildman–Crippen MR) is 103 cm³/mol. The van der Waals surface area contributed by atoms with E-state index in [1.807, 2.05) is 0 Å². The van der Waals surface area contributed by atoms with Crippen molar-refractivity contribution >= 4 is 17.7 Å². The summed E-state index contributed by atoms with van der Waals surface area (Å²) in [4.78, 5) is 0. The number of nitrogens with zero attached hydrogens (tertiary/aromatic N) is 1. The van der Waals surface area contributed by atoms with E-state index in [0.717, 1.165) is 23.7 Å². The van der Waals surface area contributed by atoms with Gasteiger partial charge in [-0.25, -0.2) is 0 Å². The summed E-state index contributed by atoms with van der Waals surface area (Å²) < 4.78 is 0. The molecule has 3 fully saturated rings. The van der Waals surface area contributed by atoms with Crippen molar-refractivity contribution in [1.29, 1.82) is 0 Å². The number of nitrogens with one attached hydrogen (secondary N) is 1. The average Bonchev–Trinajstić information content (AvgIpc) is 2.91. The molecule has 6 atom stereocenters. The first-order chi connectivity index (χ1) is 11.6. The number of rotatable bonds is 3. The van der Waals surface area contributed by atoms with Gasteiger partial charge in [-0.15, -0.1) is 0 Å². The summed E-state index contributed by atoms with van der Waals surface area (Å²) in [6, 6.07) is 0. The molecule has 3 nitrogen and oxygen atoms in total. The van der Waals surface area contributed by atoms with Crippen molar-refractivity contribution in [2.24, 2.45) is 44.7 Å². The van der Waals surface area contributed by atoms with E-state index in [2.05, 4.69) is 31.4 Å². The van der Waals surface area contributed by atoms with Gasteiger partial charge in [-0.2, -0.15) is 5.10 Å². The average molecular weight is 348 g/mol. The minimum absolute atomic E-state index is 0.334. The Labute approximate surface area is 151 Å². The van der Waals surface area contributed by atoms with Gasteiger partial charge < -0.3 is 0 Å².